The van der Waals surface area contributed by atoms with Crippen molar-refractivity contribution in [2.75, 3.05) is 11.1 Å². The summed E-state index contributed by atoms with van der Waals surface area (Å²) in [6.07, 6.45) is 4.24. The number of aromatic nitrogens is 2. The lowest BCUT2D eigenvalue weighted by molar-refractivity contribution is 0.576. The number of rotatable bonds is 5. The minimum absolute atomic E-state index is 0.143. The number of nitrogens with zero attached hydrogens (tertiary/aromatic N) is 2. The quantitative estimate of drug-likeness (QED) is 0.863. The van der Waals surface area contributed by atoms with Gasteiger partial charge in [-0.15, -0.1) is 0 Å². The van der Waals surface area contributed by atoms with Gasteiger partial charge in [0, 0.05) is 23.4 Å². The molecule has 0 amide bonds. The van der Waals surface area contributed by atoms with Crippen molar-refractivity contribution in [3.63, 3.8) is 0 Å². The van der Waals surface area contributed by atoms with Gasteiger partial charge in [-0.1, -0.05) is 38.0 Å². The molecule has 0 spiro atoms. The summed E-state index contributed by atoms with van der Waals surface area (Å²) in [5, 5.41) is 7.42. The molecule has 0 bridgehead atoms. The predicted octanol–water partition coefficient (Wildman–Crippen LogP) is 2.84. The Bertz CT molecular complexity index is 750. The molecular weight excluding hydrogens is 286 g/mol. The van der Waals surface area contributed by atoms with E-state index in [9.17, 15) is 8.42 Å². The van der Waals surface area contributed by atoms with Gasteiger partial charge in [0.1, 0.15) is 0 Å². The molecular formula is C15H19N3O2S. The van der Waals surface area contributed by atoms with Gasteiger partial charge in [-0.25, -0.2) is 8.42 Å². The van der Waals surface area contributed by atoms with Gasteiger partial charge in [-0.2, -0.15) is 9.19 Å². The highest BCUT2D eigenvalue weighted by molar-refractivity contribution is 7.89. The molecule has 3 rings (SSSR count). The zero-order valence-electron chi connectivity index (χ0n) is 12.0. The van der Waals surface area contributed by atoms with Crippen LogP contribution in [0, 0.1) is 0 Å². The fourth-order valence-electron chi connectivity index (χ4n) is 2.64. The van der Waals surface area contributed by atoms with E-state index in [1.54, 1.807) is 6.20 Å². The van der Waals surface area contributed by atoms with E-state index in [2.05, 4.69) is 17.3 Å². The van der Waals surface area contributed by atoms with Crippen LogP contribution in [-0.4, -0.2) is 23.4 Å². The molecule has 1 aromatic heterocycles. The van der Waals surface area contributed by atoms with E-state index in [1.165, 1.54) is 4.09 Å². The van der Waals surface area contributed by atoms with E-state index in [4.69, 9.17) is 0 Å². The average Bonchev–Trinajstić information content (AvgIpc) is 2.92. The van der Waals surface area contributed by atoms with Crippen molar-refractivity contribution < 1.29 is 8.42 Å². The lowest BCUT2D eigenvalue weighted by Crippen LogP contribution is -2.20. The van der Waals surface area contributed by atoms with Gasteiger partial charge in [0.2, 0.25) is 0 Å². The smallest absolute Gasteiger partial charge is 0.254 e. The van der Waals surface area contributed by atoms with Crippen LogP contribution in [0.25, 0.3) is 11.3 Å². The van der Waals surface area contributed by atoms with Crippen LogP contribution in [-0.2, 0) is 16.6 Å². The summed E-state index contributed by atoms with van der Waals surface area (Å²) in [4.78, 5) is 0. The van der Waals surface area contributed by atoms with Crippen molar-refractivity contribution in [3.05, 3.63) is 36.0 Å². The molecule has 1 aliphatic heterocycles. The lowest BCUT2D eigenvalue weighted by Gasteiger charge is -2.19. The summed E-state index contributed by atoms with van der Waals surface area (Å²) >= 11 is 0. The van der Waals surface area contributed by atoms with Crippen LogP contribution >= 0.6 is 0 Å². The maximum atomic E-state index is 12.5. The number of hydrogen-bond acceptors (Lipinski definition) is 4. The van der Waals surface area contributed by atoms with Crippen molar-refractivity contribution in [3.8, 4) is 11.3 Å². The van der Waals surface area contributed by atoms with Crippen molar-refractivity contribution >= 4 is 15.7 Å². The van der Waals surface area contributed by atoms with Gasteiger partial charge in [0.15, 0.2) is 0 Å². The van der Waals surface area contributed by atoms with E-state index in [-0.39, 0.29) is 5.75 Å². The molecule has 0 fully saturated rings. The van der Waals surface area contributed by atoms with Gasteiger partial charge in [-0.3, -0.25) is 0 Å². The third-order valence-electron chi connectivity index (χ3n) is 3.73. The zero-order valence-corrected chi connectivity index (χ0v) is 12.9. The number of nitrogens with one attached hydrogen (secondary N) is 1. The van der Waals surface area contributed by atoms with Crippen molar-refractivity contribution in [1.82, 2.24) is 9.19 Å². The Morgan fingerprint density at radius 1 is 1.29 bits per heavy atom. The van der Waals surface area contributed by atoms with Crippen LogP contribution in [0.15, 0.2) is 30.5 Å². The maximum Gasteiger partial charge on any atom is 0.254 e. The van der Waals surface area contributed by atoms with Gasteiger partial charge >= 0.3 is 0 Å². The first-order valence-electron chi connectivity index (χ1n) is 7.27. The molecule has 0 atom stereocenters. The number of hydrogen-bond donors (Lipinski definition) is 1. The number of fused-ring (bicyclic) bond motifs is 3. The first-order chi connectivity index (χ1) is 10.1. The highest BCUT2D eigenvalue weighted by Gasteiger charge is 2.26. The third-order valence-corrected chi connectivity index (χ3v) is 5.34. The van der Waals surface area contributed by atoms with Gasteiger partial charge in [0.05, 0.1) is 17.6 Å². The van der Waals surface area contributed by atoms with E-state index in [1.807, 2.05) is 24.3 Å². The molecule has 21 heavy (non-hydrogen) atoms. The number of benzene rings is 1. The summed E-state index contributed by atoms with van der Waals surface area (Å²) in [5.74, 6) is 0.143. The average molecular weight is 305 g/mol. The molecule has 0 aliphatic carbocycles. The van der Waals surface area contributed by atoms with Gasteiger partial charge < -0.3 is 5.32 Å². The molecule has 1 aliphatic rings. The Balaban J connectivity index is 2.03. The predicted molar refractivity (Wildman–Crippen MR) is 83.7 cm³/mol. The molecule has 0 unspecified atom stereocenters. The van der Waals surface area contributed by atoms with Crippen LogP contribution in [0.2, 0.25) is 0 Å². The Morgan fingerprint density at radius 2 is 2.10 bits per heavy atom. The monoisotopic (exact) mass is 305 g/mol. The number of anilines is 1. The normalized spacial score (nSPS) is 13.4. The Morgan fingerprint density at radius 3 is 2.90 bits per heavy atom. The van der Waals surface area contributed by atoms with E-state index < -0.39 is 10.0 Å². The molecule has 1 N–H and O–H groups in total. The largest absolute Gasteiger partial charge is 0.380 e. The van der Waals surface area contributed by atoms with Crippen LogP contribution in [0.3, 0.4) is 0 Å². The molecule has 6 heteroatoms. The Labute approximate surface area is 125 Å². The Kier molecular flexibility index (Phi) is 3.71. The summed E-state index contributed by atoms with van der Waals surface area (Å²) in [5.41, 5.74) is 3.49. The fourth-order valence-corrected chi connectivity index (χ4v) is 4.06. The number of para-hydroxylation sites is 1. The number of unbranched alkanes of at least 4 members (excludes halogenated alkanes) is 2. The second-order valence-corrected chi connectivity index (χ2v) is 7.20. The van der Waals surface area contributed by atoms with Gasteiger partial charge in [0.25, 0.3) is 10.0 Å². The van der Waals surface area contributed by atoms with Crippen LogP contribution in [0.4, 0.5) is 5.69 Å². The standard InChI is InChI=1S/C15H19N3O2S/c1-2-3-6-9-21(19,20)18-15-12(11-17-18)10-16-14-8-5-4-7-13(14)15/h4-5,7-8,11,16H,2-3,6,9-10H2,1H3. The topological polar surface area (TPSA) is 64.0 Å². The zero-order chi connectivity index (χ0) is 14.9. The maximum absolute atomic E-state index is 12.5. The van der Waals surface area contributed by atoms with Crippen molar-refractivity contribution in [2.45, 2.75) is 32.7 Å². The van der Waals surface area contributed by atoms with Crippen LogP contribution in [0.1, 0.15) is 31.7 Å². The third kappa shape index (κ3) is 2.55. The summed E-state index contributed by atoms with van der Waals surface area (Å²) in [6, 6.07) is 7.74. The SMILES string of the molecule is CCCCCS(=O)(=O)n1ncc2c1-c1ccccc1NC2. The lowest BCUT2D eigenvalue weighted by atomic mass is 10.0. The molecule has 0 saturated carbocycles. The highest BCUT2D eigenvalue weighted by Crippen LogP contribution is 2.35. The molecule has 0 radical (unpaired) electrons. The fraction of sp³-hybridized carbons (Fsp3) is 0.400. The van der Waals surface area contributed by atoms with Crippen LogP contribution < -0.4 is 5.32 Å². The van der Waals surface area contributed by atoms with Crippen LogP contribution in [0.5, 0.6) is 0 Å². The van der Waals surface area contributed by atoms with Gasteiger partial charge in [-0.05, 0) is 12.5 Å². The second-order valence-electron chi connectivity index (χ2n) is 5.28. The highest BCUT2D eigenvalue weighted by atomic mass is 32.2. The minimum atomic E-state index is -3.40. The molecule has 1 aromatic carbocycles. The molecule has 2 aromatic rings. The van der Waals surface area contributed by atoms with E-state index >= 15 is 0 Å². The molecule has 112 valence electrons. The van der Waals surface area contributed by atoms with Crippen molar-refractivity contribution in [1.29, 1.82) is 0 Å². The first kappa shape index (κ1) is 14.1. The summed E-state index contributed by atoms with van der Waals surface area (Å²) in [6.45, 7) is 2.67. The minimum Gasteiger partial charge on any atom is -0.380 e. The molecule has 0 saturated heterocycles. The summed E-state index contributed by atoms with van der Waals surface area (Å²) in [7, 11) is -3.40. The molecule has 2 heterocycles. The van der Waals surface area contributed by atoms with E-state index in [0.29, 0.717) is 18.7 Å². The first-order valence-corrected chi connectivity index (χ1v) is 8.88. The second kappa shape index (κ2) is 5.52. The van der Waals surface area contributed by atoms with E-state index in [0.717, 1.165) is 29.7 Å². The summed E-state index contributed by atoms with van der Waals surface area (Å²) < 4.78 is 26.3. The Hall–Kier alpha value is -1.82. The van der Waals surface area contributed by atoms with Crippen molar-refractivity contribution in [2.24, 2.45) is 0 Å². The molecule has 5 nitrogen and oxygen atoms in total.